The van der Waals surface area contributed by atoms with Crippen molar-refractivity contribution in [2.75, 3.05) is 19.8 Å². The van der Waals surface area contributed by atoms with E-state index < -0.39 is 49.4 Å². The maximum Gasteiger partial charge on any atom is 0.306 e. The minimum atomic E-state index is -1.59. The van der Waals surface area contributed by atoms with Gasteiger partial charge in [0, 0.05) is 12.8 Å². The molecule has 1 heterocycles. The third-order valence-electron chi connectivity index (χ3n) is 12.0. The highest BCUT2D eigenvalue weighted by Gasteiger charge is 2.44. The highest BCUT2D eigenvalue weighted by atomic mass is 16.7. The summed E-state index contributed by atoms with van der Waals surface area (Å²) in [6.07, 6.45) is 35.5. The molecule has 4 N–H and O–H groups in total. The lowest BCUT2D eigenvalue weighted by atomic mass is 9.99. The summed E-state index contributed by atoms with van der Waals surface area (Å²) in [5.41, 5.74) is 0. The van der Waals surface area contributed by atoms with Crippen molar-refractivity contribution in [3.63, 3.8) is 0 Å². The van der Waals surface area contributed by atoms with Crippen molar-refractivity contribution in [2.24, 2.45) is 0 Å². The predicted octanol–water partition coefficient (Wildman–Crippen LogP) is 11.3. The van der Waals surface area contributed by atoms with Crippen molar-refractivity contribution >= 4 is 11.9 Å². The molecule has 0 aromatic rings. The Balaban J connectivity index is 2.18. The molecule has 0 saturated carbocycles. The Morgan fingerprint density at radius 3 is 1.15 bits per heavy atom. The number of hydrogen-bond donors (Lipinski definition) is 4. The smallest absolute Gasteiger partial charge is 0.306 e. The molecule has 0 aliphatic carbocycles. The number of hydrogen-bond acceptors (Lipinski definition) is 10. The van der Waals surface area contributed by atoms with Crippen LogP contribution in [0.25, 0.3) is 0 Å². The molecule has 0 aromatic carbocycles. The van der Waals surface area contributed by atoms with Crippen molar-refractivity contribution in [1.82, 2.24) is 0 Å². The largest absolute Gasteiger partial charge is 0.462 e. The summed E-state index contributed by atoms with van der Waals surface area (Å²) in [4.78, 5) is 25.3. The minimum absolute atomic E-state index is 0.209. The number of unbranched alkanes of at least 4 members (excludes halogenated alkanes) is 32. The first-order chi connectivity index (χ1) is 28.8. The van der Waals surface area contributed by atoms with Crippen LogP contribution in [0.3, 0.4) is 0 Å². The van der Waals surface area contributed by atoms with Crippen molar-refractivity contribution in [2.45, 2.75) is 282 Å². The van der Waals surface area contributed by atoms with E-state index >= 15 is 0 Å². The second-order valence-corrected chi connectivity index (χ2v) is 17.6. The maximum absolute atomic E-state index is 12.7. The summed E-state index contributed by atoms with van der Waals surface area (Å²) in [5.74, 6) is -0.790. The number of ether oxygens (including phenoxy) is 4. The molecule has 1 rings (SSSR count). The van der Waals surface area contributed by atoms with E-state index in [0.29, 0.717) is 6.42 Å². The molecule has 10 nitrogen and oxygen atoms in total. The van der Waals surface area contributed by atoms with Gasteiger partial charge in [0.2, 0.25) is 0 Å². The third-order valence-corrected chi connectivity index (χ3v) is 12.0. The molecule has 1 fully saturated rings. The van der Waals surface area contributed by atoms with Crippen molar-refractivity contribution < 1.29 is 49.0 Å². The van der Waals surface area contributed by atoms with E-state index in [4.69, 9.17) is 18.9 Å². The fourth-order valence-corrected chi connectivity index (χ4v) is 8.01. The first-order valence-electron chi connectivity index (χ1n) is 25.1. The molecule has 10 heteroatoms. The lowest BCUT2D eigenvalue weighted by Crippen LogP contribution is -2.59. The SMILES string of the molecule is CCCCCCCCCCCCCCCCCCCCCCCCCC(=O)OC[C@@H](CO[C@H]1O[C@@H](CO)[C@@H](O)C(O)C1O)OC(=O)CCCCCCCCCCCCC. The van der Waals surface area contributed by atoms with Crippen LogP contribution in [0.1, 0.15) is 245 Å². The van der Waals surface area contributed by atoms with Gasteiger partial charge >= 0.3 is 11.9 Å². The second-order valence-electron chi connectivity index (χ2n) is 17.6. The van der Waals surface area contributed by atoms with Crippen LogP contribution in [0, 0.1) is 0 Å². The van der Waals surface area contributed by atoms with Gasteiger partial charge in [-0.25, -0.2) is 0 Å². The van der Waals surface area contributed by atoms with E-state index in [1.165, 1.54) is 173 Å². The fourth-order valence-electron chi connectivity index (χ4n) is 8.01. The Morgan fingerprint density at radius 2 is 0.797 bits per heavy atom. The zero-order valence-electron chi connectivity index (χ0n) is 38.3. The molecule has 6 atom stereocenters. The van der Waals surface area contributed by atoms with Crippen LogP contribution in [-0.4, -0.2) is 89.0 Å². The maximum atomic E-state index is 12.7. The van der Waals surface area contributed by atoms with Gasteiger partial charge in [0.25, 0.3) is 0 Å². The van der Waals surface area contributed by atoms with E-state index in [-0.39, 0.29) is 32.0 Å². The number of rotatable bonds is 43. The van der Waals surface area contributed by atoms with E-state index in [0.717, 1.165) is 38.5 Å². The number of carbonyl (C=O) groups is 2. The predicted molar refractivity (Wildman–Crippen MR) is 238 cm³/mol. The van der Waals surface area contributed by atoms with Gasteiger partial charge in [0.1, 0.15) is 31.0 Å². The van der Waals surface area contributed by atoms with E-state index in [9.17, 15) is 30.0 Å². The summed E-state index contributed by atoms with van der Waals surface area (Å²) in [5, 5.41) is 40.1. The first-order valence-corrected chi connectivity index (χ1v) is 25.1. The van der Waals surface area contributed by atoms with Crippen molar-refractivity contribution in [1.29, 1.82) is 0 Å². The van der Waals surface area contributed by atoms with Crippen LogP contribution >= 0.6 is 0 Å². The normalized spacial score (nSPS) is 19.9. The third kappa shape index (κ3) is 32.1. The van der Waals surface area contributed by atoms with Crippen LogP contribution < -0.4 is 0 Å². The molecule has 1 aliphatic rings. The number of aliphatic hydroxyl groups is 4. The Morgan fingerprint density at radius 1 is 0.458 bits per heavy atom. The Kier molecular flexibility index (Phi) is 38.5. The second kappa shape index (κ2) is 40.8. The van der Waals surface area contributed by atoms with Crippen molar-refractivity contribution in [3.8, 4) is 0 Å². The lowest BCUT2D eigenvalue weighted by molar-refractivity contribution is -0.305. The Labute approximate surface area is 361 Å². The van der Waals surface area contributed by atoms with Crippen molar-refractivity contribution in [3.05, 3.63) is 0 Å². The summed E-state index contributed by atoms with van der Waals surface area (Å²) >= 11 is 0. The summed E-state index contributed by atoms with van der Waals surface area (Å²) in [6, 6.07) is 0. The van der Waals surface area contributed by atoms with E-state index in [2.05, 4.69) is 13.8 Å². The quantitative estimate of drug-likeness (QED) is 0.0345. The van der Waals surface area contributed by atoms with Gasteiger partial charge in [-0.05, 0) is 12.8 Å². The molecule has 0 aromatic heterocycles. The summed E-state index contributed by atoms with van der Waals surface area (Å²) in [6.45, 7) is 3.46. The highest BCUT2D eigenvalue weighted by Crippen LogP contribution is 2.23. The minimum Gasteiger partial charge on any atom is -0.462 e. The molecule has 0 radical (unpaired) electrons. The lowest BCUT2D eigenvalue weighted by Gasteiger charge is -2.39. The average molecular weight is 843 g/mol. The zero-order chi connectivity index (χ0) is 43.0. The number of carbonyl (C=O) groups excluding carboxylic acids is 2. The van der Waals surface area contributed by atoms with Gasteiger partial charge in [-0.1, -0.05) is 219 Å². The van der Waals surface area contributed by atoms with Gasteiger partial charge in [0.15, 0.2) is 12.4 Å². The van der Waals surface area contributed by atoms with Crippen LogP contribution in [-0.2, 0) is 28.5 Å². The van der Waals surface area contributed by atoms with Crippen LogP contribution in [0.4, 0.5) is 0 Å². The Bertz CT molecular complexity index is 932. The molecular weight excluding hydrogens is 749 g/mol. The Hall–Kier alpha value is -1.30. The zero-order valence-corrected chi connectivity index (χ0v) is 38.3. The monoisotopic (exact) mass is 843 g/mol. The molecule has 1 saturated heterocycles. The summed E-state index contributed by atoms with van der Waals surface area (Å²) < 4.78 is 22.2. The number of aliphatic hydroxyl groups excluding tert-OH is 4. The standard InChI is InChI=1S/C49H94O10/c1-3-5-7-9-11-13-15-16-17-18-19-20-21-22-23-24-25-26-28-29-31-33-35-37-44(51)56-40-42(41-57-49-48(55)47(54)46(53)43(39-50)59-49)58-45(52)38-36-34-32-30-27-14-12-10-8-6-4-2/h42-43,46-50,53-55H,3-41H2,1-2H3/t42-,43-,46+,47?,48?,49-/m0/s1. The molecule has 0 spiro atoms. The molecule has 0 bridgehead atoms. The molecule has 1 aliphatic heterocycles. The molecule has 2 unspecified atom stereocenters. The molecule has 59 heavy (non-hydrogen) atoms. The van der Waals surface area contributed by atoms with Crippen LogP contribution in [0.2, 0.25) is 0 Å². The highest BCUT2D eigenvalue weighted by molar-refractivity contribution is 5.70. The molecule has 0 amide bonds. The van der Waals surface area contributed by atoms with Gasteiger partial charge in [-0.2, -0.15) is 0 Å². The van der Waals surface area contributed by atoms with Gasteiger partial charge in [-0.3, -0.25) is 9.59 Å². The van der Waals surface area contributed by atoms with Gasteiger partial charge < -0.3 is 39.4 Å². The molecular formula is C49H94O10. The fraction of sp³-hybridized carbons (Fsp3) is 0.959. The first kappa shape index (κ1) is 55.7. The number of esters is 2. The van der Waals surface area contributed by atoms with E-state index in [1.54, 1.807) is 0 Å². The van der Waals surface area contributed by atoms with Gasteiger partial charge in [0.05, 0.1) is 13.2 Å². The molecule has 350 valence electrons. The summed E-state index contributed by atoms with van der Waals surface area (Å²) in [7, 11) is 0. The average Bonchev–Trinajstić information content (AvgIpc) is 3.23. The van der Waals surface area contributed by atoms with Gasteiger partial charge in [-0.15, -0.1) is 0 Å². The van der Waals surface area contributed by atoms with Crippen LogP contribution in [0.15, 0.2) is 0 Å². The van der Waals surface area contributed by atoms with Crippen LogP contribution in [0.5, 0.6) is 0 Å². The van der Waals surface area contributed by atoms with E-state index in [1.807, 2.05) is 0 Å². The topological polar surface area (TPSA) is 152 Å².